The minimum atomic E-state index is -0.528. The van der Waals surface area contributed by atoms with Gasteiger partial charge in [-0.15, -0.1) is 0 Å². The summed E-state index contributed by atoms with van der Waals surface area (Å²) in [5.41, 5.74) is 2.60. The number of rotatable bonds is 8. The van der Waals surface area contributed by atoms with Gasteiger partial charge in [-0.2, -0.15) is 0 Å². The summed E-state index contributed by atoms with van der Waals surface area (Å²) in [5, 5.41) is 3.34. The zero-order chi connectivity index (χ0) is 23.8. The van der Waals surface area contributed by atoms with Crippen molar-refractivity contribution in [3.8, 4) is 0 Å². The highest BCUT2D eigenvalue weighted by Gasteiger charge is 2.26. The lowest BCUT2D eigenvalue weighted by Crippen LogP contribution is -2.51. The predicted octanol–water partition coefficient (Wildman–Crippen LogP) is 3.72. The molecule has 0 bridgehead atoms. The van der Waals surface area contributed by atoms with Crippen molar-refractivity contribution in [2.75, 3.05) is 44.6 Å². The van der Waals surface area contributed by atoms with Gasteiger partial charge in [0.15, 0.2) is 12.4 Å². The number of furan rings is 1. The third kappa shape index (κ3) is 6.07. The number of hydrogen-bond donors (Lipinski definition) is 1. The maximum Gasteiger partial charge on any atom is 0.340 e. The molecule has 4 rings (SSSR count). The monoisotopic (exact) mass is 465 g/mol. The van der Waals surface area contributed by atoms with Crippen molar-refractivity contribution in [2.24, 2.45) is 0 Å². The van der Waals surface area contributed by atoms with Crippen LogP contribution in [0.25, 0.3) is 0 Å². The topological polar surface area (TPSA) is 92.1 Å². The van der Waals surface area contributed by atoms with E-state index in [1.165, 1.54) is 24.7 Å². The van der Waals surface area contributed by atoms with E-state index in [1.54, 1.807) is 34.1 Å². The Labute approximate surface area is 199 Å². The molecule has 8 heteroatoms. The summed E-state index contributed by atoms with van der Waals surface area (Å²) >= 11 is 0. The second kappa shape index (κ2) is 11.5. The summed E-state index contributed by atoms with van der Waals surface area (Å²) in [6.07, 6.45) is 9.56. The first-order valence-electron chi connectivity index (χ1n) is 11.9. The zero-order valence-electron chi connectivity index (χ0n) is 19.3. The molecule has 0 unspecified atom stereocenters. The Bertz CT molecular complexity index is 1020. The summed E-state index contributed by atoms with van der Waals surface area (Å²) in [5.74, 6) is -0.697. The van der Waals surface area contributed by atoms with E-state index < -0.39 is 5.97 Å². The lowest BCUT2D eigenvalue weighted by Gasteiger charge is -2.34. The van der Waals surface area contributed by atoms with E-state index in [-0.39, 0.29) is 24.2 Å². The van der Waals surface area contributed by atoms with Crippen LogP contribution in [0.15, 0.2) is 58.7 Å². The van der Waals surface area contributed by atoms with Crippen LogP contribution in [0.2, 0.25) is 0 Å². The number of para-hydroxylation sites is 1. The number of nitrogens with zero attached hydrogens (tertiary/aromatic N) is 2. The number of carbonyl (C=O) groups excluding carboxylic acids is 3. The van der Waals surface area contributed by atoms with Gasteiger partial charge >= 0.3 is 5.97 Å². The van der Waals surface area contributed by atoms with Gasteiger partial charge in [0.25, 0.3) is 11.8 Å². The van der Waals surface area contributed by atoms with Gasteiger partial charge in [-0.25, -0.2) is 4.79 Å². The highest BCUT2D eigenvalue weighted by atomic mass is 16.5. The predicted molar refractivity (Wildman–Crippen MR) is 128 cm³/mol. The van der Waals surface area contributed by atoms with Crippen molar-refractivity contribution < 1.29 is 23.5 Å². The highest BCUT2D eigenvalue weighted by Crippen LogP contribution is 2.21. The first-order valence-corrected chi connectivity index (χ1v) is 11.9. The Kier molecular flexibility index (Phi) is 8.01. The fourth-order valence-electron chi connectivity index (χ4n) is 4.32. The Hall–Kier alpha value is -3.55. The van der Waals surface area contributed by atoms with E-state index in [2.05, 4.69) is 11.4 Å². The second-order valence-corrected chi connectivity index (χ2v) is 8.56. The number of esters is 1. The number of piperazine rings is 1. The Morgan fingerprint density at radius 1 is 0.971 bits per heavy atom. The SMILES string of the molecule is O=C(OCC(=O)N1CCN(C(=O)c2ccco2)CC1)c1ccccc1NCCC1=CCCCC1. The van der Waals surface area contributed by atoms with Crippen molar-refractivity contribution in [3.05, 3.63) is 65.6 Å². The van der Waals surface area contributed by atoms with E-state index in [9.17, 15) is 14.4 Å². The standard InChI is InChI=1S/C26H31N3O5/c30-24(28-14-16-29(17-15-28)25(31)23-11-6-18-33-23)19-34-26(32)21-9-4-5-10-22(21)27-13-12-20-7-2-1-3-8-20/h4-7,9-11,18,27H,1-3,8,12-17,19H2. The summed E-state index contributed by atoms with van der Waals surface area (Å²) in [4.78, 5) is 40.9. The van der Waals surface area contributed by atoms with Crippen LogP contribution in [0.4, 0.5) is 5.69 Å². The van der Waals surface area contributed by atoms with Gasteiger partial charge < -0.3 is 24.3 Å². The fourth-order valence-corrected chi connectivity index (χ4v) is 4.32. The normalized spacial score (nSPS) is 16.1. The van der Waals surface area contributed by atoms with Crippen molar-refractivity contribution in [3.63, 3.8) is 0 Å². The number of anilines is 1. The number of hydrogen-bond acceptors (Lipinski definition) is 6. The molecule has 2 aliphatic rings. The average molecular weight is 466 g/mol. The molecular formula is C26H31N3O5. The number of benzene rings is 1. The van der Waals surface area contributed by atoms with Crippen LogP contribution in [-0.4, -0.2) is 66.9 Å². The van der Waals surface area contributed by atoms with Gasteiger partial charge in [0.2, 0.25) is 0 Å². The molecule has 34 heavy (non-hydrogen) atoms. The van der Waals surface area contributed by atoms with Gasteiger partial charge in [0.1, 0.15) is 0 Å². The van der Waals surface area contributed by atoms with Crippen LogP contribution < -0.4 is 5.32 Å². The zero-order valence-corrected chi connectivity index (χ0v) is 19.3. The molecular weight excluding hydrogens is 434 g/mol. The third-order valence-corrected chi connectivity index (χ3v) is 6.27. The van der Waals surface area contributed by atoms with Gasteiger partial charge in [-0.3, -0.25) is 9.59 Å². The van der Waals surface area contributed by atoms with Gasteiger partial charge in [0.05, 0.1) is 11.8 Å². The van der Waals surface area contributed by atoms with Crippen LogP contribution in [0.3, 0.4) is 0 Å². The fraction of sp³-hybridized carbons (Fsp3) is 0.423. The molecule has 0 atom stereocenters. The minimum Gasteiger partial charge on any atom is -0.459 e. The quantitative estimate of drug-likeness (QED) is 0.472. The molecule has 1 saturated heterocycles. The molecule has 0 radical (unpaired) electrons. The summed E-state index contributed by atoms with van der Waals surface area (Å²) in [6, 6.07) is 10.5. The van der Waals surface area contributed by atoms with E-state index >= 15 is 0 Å². The van der Waals surface area contributed by atoms with Crippen molar-refractivity contribution >= 4 is 23.5 Å². The van der Waals surface area contributed by atoms with E-state index in [1.807, 2.05) is 12.1 Å². The number of amides is 2. The molecule has 0 saturated carbocycles. The van der Waals surface area contributed by atoms with Crippen LogP contribution >= 0.6 is 0 Å². The lowest BCUT2D eigenvalue weighted by atomic mass is 9.97. The van der Waals surface area contributed by atoms with Gasteiger partial charge in [0, 0.05) is 38.4 Å². The average Bonchev–Trinajstić information content (AvgIpc) is 3.43. The molecule has 1 aliphatic heterocycles. The summed E-state index contributed by atoms with van der Waals surface area (Å²) in [7, 11) is 0. The molecule has 8 nitrogen and oxygen atoms in total. The van der Waals surface area contributed by atoms with Crippen molar-refractivity contribution in [1.29, 1.82) is 0 Å². The second-order valence-electron chi connectivity index (χ2n) is 8.56. The molecule has 2 heterocycles. The van der Waals surface area contributed by atoms with Crippen LogP contribution in [-0.2, 0) is 9.53 Å². The van der Waals surface area contributed by atoms with Crippen LogP contribution in [0.5, 0.6) is 0 Å². The first-order chi connectivity index (χ1) is 16.6. The van der Waals surface area contributed by atoms with Crippen molar-refractivity contribution in [2.45, 2.75) is 32.1 Å². The molecule has 1 aromatic heterocycles. The molecule has 180 valence electrons. The minimum absolute atomic E-state index is 0.188. The first kappa shape index (κ1) is 23.6. The molecule has 1 fully saturated rings. The largest absolute Gasteiger partial charge is 0.459 e. The van der Waals surface area contributed by atoms with E-state index in [0.717, 1.165) is 25.8 Å². The van der Waals surface area contributed by atoms with Crippen LogP contribution in [0.1, 0.15) is 53.0 Å². The summed E-state index contributed by atoms with van der Waals surface area (Å²) < 4.78 is 10.5. The molecule has 2 amide bonds. The maximum absolute atomic E-state index is 12.7. The Morgan fingerprint density at radius 3 is 2.50 bits per heavy atom. The number of nitrogens with one attached hydrogen (secondary N) is 1. The highest BCUT2D eigenvalue weighted by molar-refractivity contribution is 5.96. The summed E-state index contributed by atoms with van der Waals surface area (Å²) in [6.45, 7) is 2.00. The molecule has 1 aromatic carbocycles. The smallest absolute Gasteiger partial charge is 0.340 e. The number of allylic oxidation sites excluding steroid dienone is 1. The Morgan fingerprint density at radius 2 is 1.76 bits per heavy atom. The third-order valence-electron chi connectivity index (χ3n) is 6.27. The van der Waals surface area contributed by atoms with E-state index in [4.69, 9.17) is 9.15 Å². The molecule has 0 spiro atoms. The van der Waals surface area contributed by atoms with Gasteiger partial charge in [-0.05, 0) is 56.4 Å². The maximum atomic E-state index is 12.7. The van der Waals surface area contributed by atoms with Crippen LogP contribution in [0, 0.1) is 0 Å². The number of carbonyl (C=O) groups is 3. The Balaban J connectivity index is 1.23. The van der Waals surface area contributed by atoms with E-state index in [0.29, 0.717) is 37.4 Å². The molecule has 1 N–H and O–H groups in total. The number of ether oxygens (including phenoxy) is 1. The van der Waals surface area contributed by atoms with Gasteiger partial charge in [-0.1, -0.05) is 23.8 Å². The molecule has 1 aliphatic carbocycles. The lowest BCUT2D eigenvalue weighted by molar-refractivity contribution is -0.136. The van der Waals surface area contributed by atoms with Crippen molar-refractivity contribution in [1.82, 2.24) is 9.80 Å². The molecule has 2 aromatic rings.